The van der Waals surface area contributed by atoms with Gasteiger partial charge in [-0.2, -0.15) is 4.31 Å². The third kappa shape index (κ3) is 4.09. The van der Waals surface area contributed by atoms with Crippen LogP contribution >= 0.6 is 11.3 Å². The minimum Gasteiger partial charge on any atom is -0.340 e. The van der Waals surface area contributed by atoms with Crippen molar-refractivity contribution in [2.45, 2.75) is 11.3 Å². The van der Waals surface area contributed by atoms with Gasteiger partial charge in [-0.05, 0) is 35.9 Å². The van der Waals surface area contributed by atoms with E-state index in [1.807, 2.05) is 0 Å². The van der Waals surface area contributed by atoms with E-state index in [1.165, 1.54) is 28.6 Å². The van der Waals surface area contributed by atoms with Crippen LogP contribution in [0.3, 0.4) is 0 Å². The Kier molecular flexibility index (Phi) is 5.24. The number of hydrogen-bond donors (Lipinski definition) is 1. The summed E-state index contributed by atoms with van der Waals surface area (Å²) in [5, 5.41) is 0. The lowest BCUT2D eigenvalue weighted by Gasteiger charge is -2.34. The number of nitrogens with zero attached hydrogens (tertiary/aromatic N) is 2. The van der Waals surface area contributed by atoms with Gasteiger partial charge in [0.1, 0.15) is 5.82 Å². The molecular formula is C19H18FN3O4S2. The maximum atomic E-state index is 13.3. The molecule has 1 aliphatic heterocycles. The average Bonchev–Trinajstić information content (AvgIpc) is 3.07. The van der Waals surface area contributed by atoms with Crippen molar-refractivity contribution >= 4 is 37.5 Å². The highest BCUT2D eigenvalue weighted by atomic mass is 32.2. The fourth-order valence-corrected chi connectivity index (χ4v) is 5.65. The number of fused-ring (bicyclic) bond motifs is 1. The number of halogens is 1. The minimum atomic E-state index is -3.72. The van der Waals surface area contributed by atoms with Gasteiger partial charge in [0.2, 0.25) is 15.9 Å². The number of sulfonamides is 1. The van der Waals surface area contributed by atoms with E-state index in [1.54, 1.807) is 23.1 Å². The van der Waals surface area contributed by atoms with Gasteiger partial charge in [0.05, 0.1) is 21.5 Å². The highest BCUT2D eigenvalue weighted by Gasteiger charge is 2.30. The predicted molar refractivity (Wildman–Crippen MR) is 108 cm³/mol. The summed E-state index contributed by atoms with van der Waals surface area (Å²) in [6.07, 6.45) is 0.0770. The van der Waals surface area contributed by atoms with Crippen LogP contribution in [0.15, 0.2) is 52.2 Å². The van der Waals surface area contributed by atoms with Crippen molar-refractivity contribution in [2.75, 3.05) is 26.2 Å². The summed E-state index contributed by atoms with van der Waals surface area (Å²) < 4.78 is 41.1. The van der Waals surface area contributed by atoms with Crippen LogP contribution in [0, 0.1) is 5.82 Å². The number of amides is 1. The van der Waals surface area contributed by atoms with E-state index in [9.17, 15) is 22.4 Å². The van der Waals surface area contributed by atoms with E-state index in [-0.39, 0.29) is 48.3 Å². The van der Waals surface area contributed by atoms with Crippen LogP contribution in [0.25, 0.3) is 10.2 Å². The number of hydrogen-bond acceptors (Lipinski definition) is 5. The Morgan fingerprint density at radius 2 is 1.86 bits per heavy atom. The number of carbonyl (C=O) groups is 1. The standard InChI is InChI=1S/C19H18FN3O4S2/c20-14-3-1-2-13(10-14)11-18(24)22-6-8-23(9-7-22)29(26,27)15-4-5-16-17(12-15)28-19(25)21-16/h1-5,10,12H,6-9,11H2,(H,21,25). The van der Waals surface area contributed by atoms with Crippen molar-refractivity contribution in [3.05, 3.63) is 63.5 Å². The van der Waals surface area contributed by atoms with Crippen LogP contribution < -0.4 is 4.87 Å². The topological polar surface area (TPSA) is 90.6 Å². The van der Waals surface area contributed by atoms with Gasteiger partial charge in [-0.15, -0.1) is 0 Å². The molecule has 2 aromatic carbocycles. The molecule has 0 unspecified atom stereocenters. The molecule has 0 atom stereocenters. The van der Waals surface area contributed by atoms with E-state index < -0.39 is 15.8 Å². The van der Waals surface area contributed by atoms with Crippen LogP contribution in [0.4, 0.5) is 4.39 Å². The highest BCUT2D eigenvalue weighted by molar-refractivity contribution is 7.89. The molecule has 0 spiro atoms. The van der Waals surface area contributed by atoms with E-state index in [0.29, 0.717) is 15.8 Å². The van der Waals surface area contributed by atoms with Gasteiger partial charge in [-0.3, -0.25) is 9.59 Å². The highest BCUT2D eigenvalue weighted by Crippen LogP contribution is 2.23. The first-order valence-electron chi connectivity index (χ1n) is 8.98. The van der Waals surface area contributed by atoms with E-state index in [0.717, 1.165) is 11.3 Å². The zero-order valence-electron chi connectivity index (χ0n) is 15.3. The molecule has 29 heavy (non-hydrogen) atoms. The van der Waals surface area contributed by atoms with Crippen molar-refractivity contribution in [1.29, 1.82) is 0 Å². The van der Waals surface area contributed by atoms with Crippen molar-refractivity contribution in [3.63, 3.8) is 0 Å². The Balaban J connectivity index is 1.43. The molecule has 4 rings (SSSR count). The number of thiazole rings is 1. The molecule has 1 N–H and O–H groups in total. The Morgan fingerprint density at radius 1 is 1.10 bits per heavy atom. The number of nitrogens with one attached hydrogen (secondary N) is 1. The van der Waals surface area contributed by atoms with Crippen LogP contribution in [0.5, 0.6) is 0 Å². The molecule has 0 saturated carbocycles. The molecule has 0 aliphatic carbocycles. The molecule has 0 radical (unpaired) electrons. The van der Waals surface area contributed by atoms with Crippen LogP contribution in [0.1, 0.15) is 5.56 Å². The number of piperazine rings is 1. The fraction of sp³-hybridized carbons (Fsp3) is 0.263. The molecule has 1 fully saturated rings. The summed E-state index contributed by atoms with van der Waals surface area (Å²) in [7, 11) is -3.72. The number of rotatable bonds is 4. The van der Waals surface area contributed by atoms with Gasteiger partial charge in [-0.1, -0.05) is 23.5 Å². The van der Waals surface area contributed by atoms with Gasteiger partial charge in [0.15, 0.2) is 0 Å². The van der Waals surface area contributed by atoms with Crippen LogP contribution in [-0.2, 0) is 21.2 Å². The lowest BCUT2D eigenvalue weighted by Crippen LogP contribution is -2.50. The Bertz CT molecular complexity index is 1230. The van der Waals surface area contributed by atoms with Gasteiger partial charge in [0.25, 0.3) is 0 Å². The summed E-state index contributed by atoms with van der Waals surface area (Å²) in [5.41, 5.74) is 1.19. The molecule has 1 saturated heterocycles. The summed E-state index contributed by atoms with van der Waals surface area (Å²) in [6.45, 7) is 0.900. The van der Waals surface area contributed by atoms with Crippen molar-refractivity contribution in [2.24, 2.45) is 0 Å². The first-order valence-corrected chi connectivity index (χ1v) is 11.2. The SMILES string of the molecule is O=C(Cc1cccc(F)c1)N1CCN(S(=O)(=O)c2ccc3[nH]c(=O)sc3c2)CC1. The van der Waals surface area contributed by atoms with Crippen molar-refractivity contribution < 1.29 is 17.6 Å². The maximum absolute atomic E-state index is 13.3. The summed E-state index contributed by atoms with van der Waals surface area (Å²) >= 11 is 0.962. The van der Waals surface area contributed by atoms with Crippen LogP contribution in [-0.4, -0.2) is 54.7 Å². The number of aromatic amines is 1. The second kappa shape index (κ2) is 7.69. The number of carbonyl (C=O) groups excluding carboxylic acids is 1. The Hall–Kier alpha value is -2.56. The Labute approximate surface area is 170 Å². The second-order valence-corrected chi connectivity index (χ2v) is 9.72. The molecule has 1 amide bonds. The molecule has 1 aromatic heterocycles. The van der Waals surface area contributed by atoms with Gasteiger partial charge < -0.3 is 9.88 Å². The normalized spacial score (nSPS) is 15.7. The van der Waals surface area contributed by atoms with Crippen LogP contribution in [0.2, 0.25) is 0 Å². The summed E-state index contributed by atoms with van der Waals surface area (Å²) in [5.74, 6) is -0.554. The number of aromatic nitrogens is 1. The molecule has 0 bridgehead atoms. The van der Waals surface area contributed by atoms with E-state index in [4.69, 9.17) is 0 Å². The number of H-pyrrole nitrogens is 1. The Morgan fingerprint density at radius 3 is 2.59 bits per heavy atom. The lowest BCUT2D eigenvalue weighted by molar-refractivity contribution is -0.131. The second-order valence-electron chi connectivity index (χ2n) is 6.76. The molecule has 2 heterocycles. The third-order valence-corrected chi connectivity index (χ3v) is 7.61. The van der Waals surface area contributed by atoms with Gasteiger partial charge in [-0.25, -0.2) is 12.8 Å². The molecule has 152 valence electrons. The molecule has 7 nitrogen and oxygen atoms in total. The van der Waals surface area contributed by atoms with Gasteiger partial charge in [0, 0.05) is 26.2 Å². The molecule has 1 aliphatic rings. The first-order chi connectivity index (χ1) is 13.8. The average molecular weight is 436 g/mol. The summed E-state index contributed by atoms with van der Waals surface area (Å²) in [4.78, 5) is 28.0. The lowest BCUT2D eigenvalue weighted by atomic mass is 10.1. The van der Waals surface area contributed by atoms with E-state index >= 15 is 0 Å². The number of benzene rings is 2. The molecular weight excluding hydrogens is 417 g/mol. The van der Waals surface area contributed by atoms with Crippen molar-refractivity contribution in [3.8, 4) is 0 Å². The largest absolute Gasteiger partial charge is 0.340 e. The third-order valence-electron chi connectivity index (χ3n) is 4.87. The van der Waals surface area contributed by atoms with E-state index in [2.05, 4.69) is 4.98 Å². The molecule has 10 heteroatoms. The van der Waals surface area contributed by atoms with Crippen molar-refractivity contribution in [1.82, 2.24) is 14.2 Å². The fourth-order valence-electron chi connectivity index (χ4n) is 3.35. The maximum Gasteiger partial charge on any atom is 0.305 e. The minimum absolute atomic E-state index is 0.0770. The quantitative estimate of drug-likeness (QED) is 0.677. The zero-order chi connectivity index (χ0) is 20.6. The van der Waals surface area contributed by atoms with Gasteiger partial charge >= 0.3 is 4.87 Å². The first kappa shape index (κ1) is 19.7. The zero-order valence-corrected chi connectivity index (χ0v) is 16.9. The smallest absolute Gasteiger partial charge is 0.305 e. The molecule has 3 aromatic rings. The predicted octanol–water partition coefficient (Wildman–Crippen LogP) is 1.80. The summed E-state index contributed by atoms with van der Waals surface area (Å²) in [6, 6.07) is 10.4. The monoisotopic (exact) mass is 435 g/mol.